The van der Waals surface area contributed by atoms with Crippen LogP contribution >= 0.6 is 23.4 Å². The molecule has 2 aromatic carbocycles. The van der Waals surface area contributed by atoms with Crippen molar-refractivity contribution in [3.8, 4) is 0 Å². The minimum Gasteiger partial charge on any atom is -0.338 e. The molecule has 0 saturated carbocycles. The van der Waals surface area contributed by atoms with E-state index in [1.165, 1.54) is 4.90 Å². The van der Waals surface area contributed by atoms with Crippen LogP contribution in [0.2, 0.25) is 5.02 Å². The first-order valence-corrected chi connectivity index (χ1v) is 9.20. The minimum absolute atomic E-state index is 0.126. The fraction of sp³-hybridized carbons (Fsp3) is 0.278. The average molecular weight is 386 g/mol. The maximum absolute atomic E-state index is 13.9. The standard InChI is InChI=1S/C18H15ClF3NOS/c19-13-4-2-1-3-11(13)15-7-8-23(9-10-25-15)18(24)12-5-6-14(20)17(22)16(12)21/h1-6,15H,7-10H2. The van der Waals surface area contributed by atoms with Crippen molar-refractivity contribution in [3.05, 3.63) is 70.0 Å². The van der Waals surface area contributed by atoms with Crippen LogP contribution in [0.5, 0.6) is 0 Å². The molecule has 3 rings (SSSR count). The number of thioether (sulfide) groups is 1. The summed E-state index contributed by atoms with van der Waals surface area (Å²) in [5.41, 5.74) is 0.558. The number of nitrogens with zero attached hydrogens (tertiary/aromatic N) is 1. The Labute approximate surface area is 153 Å². The lowest BCUT2D eigenvalue weighted by Gasteiger charge is -2.21. The number of hydrogen-bond donors (Lipinski definition) is 0. The topological polar surface area (TPSA) is 20.3 Å². The third kappa shape index (κ3) is 3.80. The molecule has 1 unspecified atom stereocenters. The Hall–Kier alpha value is -1.66. The van der Waals surface area contributed by atoms with Gasteiger partial charge >= 0.3 is 0 Å². The maximum Gasteiger partial charge on any atom is 0.256 e. The van der Waals surface area contributed by atoms with Crippen molar-refractivity contribution in [3.63, 3.8) is 0 Å². The van der Waals surface area contributed by atoms with Crippen molar-refractivity contribution in [1.82, 2.24) is 4.90 Å². The Bertz CT molecular complexity index is 802. The normalized spacial score (nSPS) is 18.1. The highest BCUT2D eigenvalue weighted by atomic mass is 35.5. The summed E-state index contributed by atoms with van der Waals surface area (Å²) in [7, 11) is 0. The van der Waals surface area contributed by atoms with E-state index in [-0.39, 0.29) is 5.25 Å². The summed E-state index contributed by atoms with van der Waals surface area (Å²) >= 11 is 7.91. The predicted octanol–water partition coefficient (Wildman–Crippen LogP) is 5.08. The second kappa shape index (κ2) is 7.70. The Kier molecular flexibility index (Phi) is 5.59. The molecule has 132 valence electrons. The largest absolute Gasteiger partial charge is 0.338 e. The second-order valence-electron chi connectivity index (χ2n) is 5.68. The van der Waals surface area contributed by atoms with Gasteiger partial charge in [0.05, 0.1) is 5.56 Å². The molecule has 0 aromatic heterocycles. The van der Waals surface area contributed by atoms with Gasteiger partial charge in [-0.15, -0.1) is 0 Å². The lowest BCUT2D eigenvalue weighted by Crippen LogP contribution is -2.33. The molecule has 2 aromatic rings. The number of carbonyl (C=O) groups excluding carboxylic acids is 1. The van der Waals surface area contributed by atoms with Crippen molar-refractivity contribution in [2.75, 3.05) is 18.8 Å². The van der Waals surface area contributed by atoms with E-state index in [0.717, 1.165) is 17.7 Å². The molecule has 1 atom stereocenters. The van der Waals surface area contributed by atoms with Gasteiger partial charge in [-0.3, -0.25) is 4.79 Å². The third-order valence-electron chi connectivity index (χ3n) is 4.15. The monoisotopic (exact) mass is 385 g/mol. The number of hydrogen-bond acceptors (Lipinski definition) is 2. The van der Waals surface area contributed by atoms with Crippen molar-refractivity contribution in [1.29, 1.82) is 0 Å². The summed E-state index contributed by atoms with van der Waals surface area (Å²) < 4.78 is 40.3. The summed E-state index contributed by atoms with van der Waals surface area (Å²) in [6.45, 7) is 0.795. The molecule has 2 nitrogen and oxygen atoms in total. The molecule has 1 heterocycles. The molecule has 0 spiro atoms. The van der Waals surface area contributed by atoms with Gasteiger partial charge in [0.15, 0.2) is 17.5 Å². The molecule has 25 heavy (non-hydrogen) atoms. The van der Waals surface area contributed by atoms with E-state index in [0.29, 0.717) is 30.3 Å². The summed E-state index contributed by atoms with van der Waals surface area (Å²) in [5, 5.41) is 0.799. The van der Waals surface area contributed by atoms with Crippen molar-refractivity contribution in [2.45, 2.75) is 11.7 Å². The van der Waals surface area contributed by atoms with Crippen LogP contribution in [0.15, 0.2) is 36.4 Å². The zero-order valence-electron chi connectivity index (χ0n) is 13.1. The predicted molar refractivity (Wildman–Crippen MR) is 93.5 cm³/mol. The van der Waals surface area contributed by atoms with Gasteiger partial charge in [-0.2, -0.15) is 11.8 Å². The van der Waals surface area contributed by atoms with Gasteiger partial charge < -0.3 is 4.90 Å². The van der Waals surface area contributed by atoms with E-state index in [2.05, 4.69) is 0 Å². The third-order valence-corrected chi connectivity index (χ3v) is 5.80. The minimum atomic E-state index is -1.62. The molecule has 0 N–H and O–H groups in total. The molecule has 0 radical (unpaired) electrons. The summed E-state index contributed by atoms with van der Waals surface area (Å²) in [5.74, 6) is -4.35. The molecule has 0 aliphatic carbocycles. The Morgan fingerprint density at radius 3 is 2.60 bits per heavy atom. The first-order valence-electron chi connectivity index (χ1n) is 7.78. The van der Waals surface area contributed by atoms with Gasteiger partial charge in [-0.1, -0.05) is 29.8 Å². The summed E-state index contributed by atoms with van der Waals surface area (Å²) in [6, 6.07) is 9.29. The number of benzene rings is 2. The first-order chi connectivity index (χ1) is 12.0. The molecule has 1 amide bonds. The molecular weight excluding hydrogens is 371 g/mol. The van der Waals surface area contributed by atoms with Crippen molar-refractivity contribution in [2.24, 2.45) is 0 Å². The van der Waals surface area contributed by atoms with Gasteiger partial charge in [-0.25, -0.2) is 13.2 Å². The van der Waals surface area contributed by atoms with Crippen LogP contribution in [0, 0.1) is 17.5 Å². The molecule has 7 heteroatoms. The number of halogens is 4. The van der Waals surface area contributed by atoms with Crippen LogP contribution in [0.3, 0.4) is 0 Å². The van der Waals surface area contributed by atoms with Crippen LogP contribution in [0.1, 0.15) is 27.6 Å². The van der Waals surface area contributed by atoms with Crippen molar-refractivity contribution >= 4 is 29.3 Å². The summed E-state index contributed by atoms with van der Waals surface area (Å²) in [6.07, 6.45) is 0.644. The quantitative estimate of drug-likeness (QED) is 0.672. The van der Waals surface area contributed by atoms with E-state index < -0.39 is 28.9 Å². The zero-order valence-corrected chi connectivity index (χ0v) is 14.7. The Morgan fingerprint density at radius 2 is 1.84 bits per heavy atom. The fourth-order valence-corrected chi connectivity index (χ4v) is 4.42. The smallest absolute Gasteiger partial charge is 0.256 e. The van der Waals surface area contributed by atoms with E-state index in [4.69, 9.17) is 11.6 Å². The second-order valence-corrected chi connectivity index (χ2v) is 7.40. The summed E-state index contributed by atoms with van der Waals surface area (Å²) in [4.78, 5) is 14.0. The highest BCUT2D eigenvalue weighted by molar-refractivity contribution is 7.99. The number of carbonyl (C=O) groups is 1. The van der Waals surface area contributed by atoms with Gasteiger partial charge in [-0.05, 0) is 30.2 Å². The van der Waals surface area contributed by atoms with E-state index in [1.807, 2.05) is 24.3 Å². The number of amides is 1. The SMILES string of the molecule is O=C(c1ccc(F)c(F)c1F)N1CCSC(c2ccccc2Cl)CC1. The lowest BCUT2D eigenvalue weighted by molar-refractivity contribution is 0.0760. The average Bonchev–Trinajstić information content (AvgIpc) is 2.86. The van der Waals surface area contributed by atoms with Crippen LogP contribution in [-0.2, 0) is 0 Å². The Balaban J connectivity index is 1.76. The molecule has 1 fully saturated rings. The van der Waals surface area contributed by atoms with Crippen molar-refractivity contribution < 1.29 is 18.0 Å². The lowest BCUT2D eigenvalue weighted by atomic mass is 10.1. The first kappa shape index (κ1) is 18.1. The highest BCUT2D eigenvalue weighted by Crippen LogP contribution is 2.38. The molecular formula is C18H15ClF3NOS. The van der Waals surface area contributed by atoms with E-state index >= 15 is 0 Å². The van der Waals surface area contributed by atoms with Gasteiger partial charge in [0.2, 0.25) is 0 Å². The van der Waals surface area contributed by atoms with E-state index in [1.54, 1.807) is 11.8 Å². The Morgan fingerprint density at radius 1 is 1.08 bits per heavy atom. The molecule has 1 aliphatic heterocycles. The molecule has 0 bridgehead atoms. The molecule has 1 saturated heterocycles. The van der Waals surface area contributed by atoms with Crippen LogP contribution < -0.4 is 0 Å². The van der Waals surface area contributed by atoms with E-state index in [9.17, 15) is 18.0 Å². The van der Waals surface area contributed by atoms with Crippen LogP contribution in [0.4, 0.5) is 13.2 Å². The molecule has 1 aliphatic rings. The highest BCUT2D eigenvalue weighted by Gasteiger charge is 2.27. The fourth-order valence-electron chi connectivity index (χ4n) is 2.82. The van der Waals surface area contributed by atoms with Gasteiger partial charge in [0, 0.05) is 29.1 Å². The van der Waals surface area contributed by atoms with Crippen LogP contribution in [-0.4, -0.2) is 29.6 Å². The maximum atomic E-state index is 13.9. The van der Waals surface area contributed by atoms with Crippen LogP contribution in [0.25, 0.3) is 0 Å². The number of rotatable bonds is 2. The zero-order chi connectivity index (χ0) is 18.0. The van der Waals surface area contributed by atoms with Gasteiger partial charge in [0.1, 0.15) is 0 Å². The van der Waals surface area contributed by atoms with Gasteiger partial charge in [0.25, 0.3) is 5.91 Å².